The van der Waals surface area contributed by atoms with Crippen molar-refractivity contribution >= 4 is 29.9 Å². The van der Waals surface area contributed by atoms with E-state index in [0.717, 1.165) is 25.5 Å². The molecule has 154 valence electrons. The second-order valence-electron chi connectivity index (χ2n) is 6.79. The van der Waals surface area contributed by atoms with Crippen molar-refractivity contribution in [3.8, 4) is 0 Å². The van der Waals surface area contributed by atoms with Gasteiger partial charge in [-0.1, -0.05) is 60.7 Å². The zero-order valence-electron chi connectivity index (χ0n) is 17.1. The summed E-state index contributed by atoms with van der Waals surface area (Å²) in [6, 6.07) is 21.2. The molecule has 0 amide bonds. The molecule has 29 heavy (non-hydrogen) atoms. The predicted octanol–water partition coefficient (Wildman–Crippen LogP) is 3.97. The number of aliphatic imine (C=N–C) groups is 1. The smallest absolute Gasteiger partial charge is 0.191 e. The molecule has 0 saturated carbocycles. The maximum absolute atomic E-state index is 4.88. The fourth-order valence-electron chi connectivity index (χ4n) is 3.22. The van der Waals surface area contributed by atoms with Crippen molar-refractivity contribution in [2.24, 2.45) is 12.0 Å². The van der Waals surface area contributed by atoms with Gasteiger partial charge in [0, 0.05) is 32.3 Å². The molecule has 1 heterocycles. The fraction of sp³-hybridized carbons (Fsp3) is 0.304. The molecule has 5 nitrogen and oxygen atoms in total. The van der Waals surface area contributed by atoms with E-state index in [1.807, 2.05) is 24.1 Å². The van der Waals surface area contributed by atoms with Gasteiger partial charge in [-0.25, -0.2) is 0 Å². The fourth-order valence-corrected chi connectivity index (χ4v) is 3.22. The van der Waals surface area contributed by atoms with Crippen molar-refractivity contribution in [2.45, 2.75) is 19.3 Å². The van der Waals surface area contributed by atoms with Gasteiger partial charge in [0.2, 0.25) is 0 Å². The van der Waals surface area contributed by atoms with Crippen LogP contribution in [-0.2, 0) is 13.5 Å². The van der Waals surface area contributed by atoms with E-state index in [2.05, 4.69) is 83.3 Å². The predicted molar refractivity (Wildman–Crippen MR) is 131 cm³/mol. The molecule has 0 radical (unpaired) electrons. The van der Waals surface area contributed by atoms with Crippen LogP contribution in [0.4, 0.5) is 0 Å². The van der Waals surface area contributed by atoms with Crippen LogP contribution >= 0.6 is 24.0 Å². The Kier molecular flexibility index (Phi) is 9.70. The van der Waals surface area contributed by atoms with Gasteiger partial charge < -0.3 is 10.6 Å². The average Bonchev–Trinajstić information content (AvgIpc) is 3.15. The summed E-state index contributed by atoms with van der Waals surface area (Å²) in [5.74, 6) is 1.08. The van der Waals surface area contributed by atoms with Crippen LogP contribution in [0, 0.1) is 0 Å². The summed E-state index contributed by atoms with van der Waals surface area (Å²) in [4.78, 5) is 4.88. The lowest BCUT2D eigenvalue weighted by molar-refractivity contribution is 0.761. The van der Waals surface area contributed by atoms with Crippen LogP contribution in [0.3, 0.4) is 0 Å². The lowest BCUT2D eigenvalue weighted by Crippen LogP contribution is -2.38. The highest BCUT2D eigenvalue weighted by molar-refractivity contribution is 14.0. The van der Waals surface area contributed by atoms with Crippen molar-refractivity contribution in [1.82, 2.24) is 20.4 Å². The Labute approximate surface area is 190 Å². The summed E-state index contributed by atoms with van der Waals surface area (Å²) in [7, 11) is 1.94. The van der Waals surface area contributed by atoms with Crippen LogP contribution in [0.2, 0.25) is 0 Å². The minimum Gasteiger partial charge on any atom is -0.357 e. The first-order valence-corrected chi connectivity index (χ1v) is 9.86. The topological polar surface area (TPSA) is 54.2 Å². The van der Waals surface area contributed by atoms with Gasteiger partial charge in [0.1, 0.15) is 0 Å². The molecular formula is C23H30IN5. The first-order chi connectivity index (χ1) is 13.8. The summed E-state index contributed by atoms with van der Waals surface area (Å²) in [6.45, 7) is 4.43. The van der Waals surface area contributed by atoms with Gasteiger partial charge >= 0.3 is 0 Å². The van der Waals surface area contributed by atoms with E-state index in [-0.39, 0.29) is 29.9 Å². The second-order valence-corrected chi connectivity index (χ2v) is 6.79. The standard InChI is InChI=1S/C23H29N5.HI/c1-3-24-23(25-15-14-19-16-27-28(2)18-19)26-17-22(20-10-6-4-7-11-20)21-12-8-5-9-13-21;/h4-13,16,18,22H,3,14-15,17H2,1-2H3,(H2,24,25,26);1H. The lowest BCUT2D eigenvalue weighted by atomic mass is 9.91. The van der Waals surface area contributed by atoms with E-state index in [4.69, 9.17) is 4.99 Å². The van der Waals surface area contributed by atoms with Gasteiger partial charge in [-0.15, -0.1) is 24.0 Å². The quantitative estimate of drug-likeness (QED) is 0.278. The second kappa shape index (κ2) is 12.3. The minimum atomic E-state index is 0. The van der Waals surface area contributed by atoms with Crippen molar-refractivity contribution in [2.75, 3.05) is 19.6 Å². The van der Waals surface area contributed by atoms with Gasteiger partial charge in [0.25, 0.3) is 0 Å². The Morgan fingerprint density at radius 2 is 1.62 bits per heavy atom. The number of halogens is 1. The van der Waals surface area contributed by atoms with Gasteiger partial charge in [0.05, 0.1) is 12.7 Å². The van der Waals surface area contributed by atoms with Gasteiger partial charge in [-0.05, 0) is 30.0 Å². The molecule has 0 atom stereocenters. The first-order valence-electron chi connectivity index (χ1n) is 9.86. The third-order valence-electron chi connectivity index (χ3n) is 4.64. The van der Waals surface area contributed by atoms with Crippen LogP contribution in [0.5, 0.6) is 0 Å². The van der Waals surface area contributed by atoms with Crippen molar-refractivity contribution in [1.29, 1.82) is 0 Å². The van der Waals surface area contributed by atoms with Crippen LogP contribution < -0.4 is 10.6 Å². The summed E-state index contributed by atoms with van der Waals surface area (Å²) in [5, 5.41) is 11.0. The number of rotatable bonds is 8. The number of benzene rings is 2. The number of guanidine groups is 1. The largest absolute Gasteiger partial charge is 0.357 e. The third kappa shape index (κ3) is 7.20. The van der Waals surface area contributed by atoms with Crippen molar-refractivity contribution < 1.29 is 0 Å². The molecule has 6 heteroatoms. The highest BCUT2D eigenvalue weighted by Gasteiger charge is 2.13. The number of hydrogen-bond donors (Lipinski definition) is 2. The lowest BCUT2D eigenvalue weighted by Gasteiger charge is -2.18. The molecule has 0 unspecified atom stereocenters. The van der Waals surface area contributed by atoms with Gasteiger partial charge in [-0.3, -0.25) is 9.67 Å². The van der Waals surface area contributed by atoms with Crippen LogP contribution in [-0.4, -0.2) is 35.4 Å². The maximum Gasteiger partial charge on any atom is 0.191 e. The molecule has 2 N–H and O–H groups in total. The number of nitrogens with zero attached hydrogens (tertiary/aromatic N) is 3. The molecule has 0 fully saturated rings. The molecule has 1 aromatic heterocycles. The summed E-state index contributed by atoms with van der Waals surface area (Å²) in [5.41, 5.74) is 3.78. The summed E-state index contributed by atoms with van der Waals surface area (Å²) in [6.07, 6.45) is 4.87. The van der Waals surface area contributed by atoms with E-state index in [9.17, 15) is 0 Å². The van der Waals surface area contributed by atoms with Gasteiger partial charge in [-0.2, -0.15) is 5.10 Å². The Morgan fingerprint density at radius 1 is 1.00 bits per heavy atom. The maximum atomic E-state index is 4.88. The SMILES string of the molecule is CCNC(=NCC(c1ccccc1)c1ccccc1)NCCc1cnn(C)c1.I. The molecule has 0 aliphatic rings. The van der Waals surface area contributed by atoms with E-state index in [1.54, 1.807) is 0 Å². The summed E-state index contributed by atoms with van der Waals surface area (Å²) >= 11 is 0. The van der Waals surface area contributed by atoms with Crippen molar-refractivity contribution in [3.63, 3.8) is 0 Å². The Balaban J connectivity index is 0.00000300. The number of hydrogen-bond acceptors (Lipinski definition) is 2. The van der Waals surface area contributed by atoms with Gasteiger partial charge in [0.15, 0.2) is 5.96 Å². The monoisotopic (exact) mass is 503 g/mol. The van der Waals surface area contributed by atoms with Crippen LogP contribution in [0.1, 0.15) is 29.5 Å². The molecule has 0 aliphatic heterocycles. The zero-order valence-corrected chi connectivity index (χ0v) is 19.4. The first kappa shape index (κ1) is 22.9. The number of aromatic nitrogens is 2. The zero-order chi connectivity index (χ0) is 19.6. The Bertz CT molecular complexity index is 822. The molecular weight excluding hydrogens is 473 g/mol. The minimum absolute atomic E-state index is 0. The van der Waals surface area contributed by atoms with E-state index in [0.29, 0.717) is 6.54 Å². The molecule has 0 bridgehead atoms. The van der Waals surface area contributed by atoms with Crippen molar-refractivity contribution in [3.05, 3.63) is 89.7 Å². The van der Waals surface area contributed by atoms with E-state index < -0.39 is 0 Å². The van der Waals surface area contributed by atoms with Crippen LogP contribution in [0.25, 0.3) is 0 Å². The third-order valence-corrected chi connectivity index (χ3v) is 4.64. The Hall–Kier alpha value is -2.35. The van der Waals surface area contributed by atoms with E-state index >= 15 is 0 Å². The molecule has 0 saturated heterocycles. The molecule has 0 spiro atoms. The molecule has 0 aliphatic carbocycles. The highest BCUT2D eigenvalue weighted by atomic mass is 127. The number of aryl methyl sites for hydroxylation is 1. The highest BCUT2D eigenvalue weighted by Crippen LogP contribution is 2.24. The normalized spacial score (nSPS) is 11.2. The Morgan fingerprint density at radius 3 is 2.14 bits per heavy atom. The van der Waals surface area contributed by atoms with Crippen LogP contribution in [0.15, 0.2) is 78.0 Å². The van der Waals surface area contributed by atoms with E-state index in [1.165, 1.54) is 16.7 Å². The average molecular weight is 503 g/mol. The number of nitrogens with one attached hydrogen (secondary N) is 2. The molecule has 2 aromatic carbocycles. The molecule has 3 aromatic rings. The molecule has 3 rings (SSSR count). The summed E-state index contributed by atoms with van der Waals surface area (Å²) < 4.78 is 1.83.